The zero-order valence-electron chi connectivity index (χ0n) is 86.8. The third-order valence-electron chi connectivity index (χ3n) is 14.7. The van der Waals surface area contributed by atoms with E-state index in [-0.39, 0.29) is 148 Å². The second-order valence-corrected chi connectivity index (χ2v) is 36.1. The molecule has 0 fully saturated rings. The zero-order valence-corrected chi connectivity index (χ0v) is 86.8. The van der Waals surface area contributed by atoms with Crippen molar-refractivity contribution in [2.75, 3.05) is 324 Å². The molecule has 0 bridgehead atoms. The summed E-state index contributed by atoms with van der Waals surface area (Å²) in [6.45, 7) is 71.5. The Bertz CT molecular complexity index is 2110. The molecule has 794 valence electrons. The minimum Gasteiger partial charge on any atom is -0.394 e. The summed E-state index contributed by atoms with van der Waals surface area (Å²) >= 11 is 0. The molecule has 36 heteroatoms. The van der Waals surface area contributed by atoms with Crippen molar-refractivity contribution in [2.24, 2.45) is 0 Å². The first-order valence-electron chi connectivity index (χ1n) is 47.2. The molecule has 0 saturated carbocycles. The summed E-state index contributed by atoms with van der Waals surface area (Å²) in [4.78, 5) is 0. The fourth-order valence-electron chi connectivity index (χ4n) is 8.72. The van der Waals surface area contributed by atoms with Gasteiger partial charge < -0.3 is 174 Å². The molecule has 130 heavy (non-hydrogen) atoms. The Labute approximate surface area is 788 Å². The lowest BCUT2D eigenvalue weighted by atomic mass is 10.2. The summed E-state index contributed by atoms with van der Waals surface area (Å²) in [5.74, 6) is 0. The van der Waals surface area contributed by atoms with Crippen LogP contribution in [0.25, 0.3) is 0 Å². The van der Waals surface area contributed by atoms with Gasteiger partial charge in [-0.3, -0.25) is 0 Å². The van der Waals surface area contributed by atoms with Crippen molar-refractivity contribution in [3.8, 4) is 0 Å². The van der Waals surface area contributed by atoms with Crippen LogP contribution in [0.2, 0.25) is 0 Å². The van der Waals surface area contributed by atoms with Gasteiger partial charge in [0.25, 0.3) is 0 Å². The predicted octanol–water partition coefficient (Wildman–Crippen LogP) is 8.50. The standard InChI is InChI=1S/C18H38O7.2C14H30O5.C13H28O6.2C12H26O4.C11H24O5/c1-5-7-20-9-10-23-16-17(15-22-8-6-19)24-13-11-21-12-14-25-18(2,3)4;1-5-7-17-11-13(12-19-14(2,3)4)18-10-9-16-8-6-15;1-5-6-17-12-13(11-15)18-9-7-16-8-10-19-14(2,3)4;1-13(2,3)19-9-7-17-11-12(10-15)18-8-6-16-5-4-14;1-5-7-14-9-11(15-8-6-13)10-16-12(2,3)4;1-5-6-14-10-11(9-13)15-7-8-16-12(2,3)4;1-11(2,3)16-7-6-14-9-10(8-13)15-5-4-12/h17,19H,5-16H2,1-4H3;2*13,15H,5-12H2,1-4H3;12,14-15H,4-11H2,1-3H3;2*11,13H,5-10H2,1-4H3;10,12-13H,4-9H2,1-3H3. The van der Waals surface area contributed by atoms with E-state index in [0.717, 1.165) is 51.9 Å². The Kier molecular flexibility index (Phi) is 109. The van der Waals surface area contributed by atoms with E-state index in [2.05, 4.69) is 20.8 Å². The molecule has 0 spiro atoms. The maximum absolute atomic E-state index is 9.10. The van der Waals surface area contributed by atoms with Crippen LogP contribution in [0.4, 0.5) is 0 Å². The van der Waals surface area contributed by atoms with E-state index in [0.29, 0.717) is 238 Å². The van der Waals surface area contributed by atoms with Crippen molar-refractivity contribution in [3.05, 3.63) is 0 Å². The third-order valence-corrected chi connectivity index (χ3v) is 14.7. The molecule has 7 unspecified atom stereocenters. The van der Waals surface area contributed by atoms with Crippen molar-refractivity contribution < 1.29 is 174 Å². The van der Waals surface area contributed by atoms with Gasteiger partial charge in [0.1, 0.15) is 42.7 Å². The molecule has 0 aromatic rings. The normalized spacial score (nSPS) is 13.8. The molecule has 0 radical (unpaired) electrons. The predicted molar refractivity (Wildman–Crippen MR) is 504 cm³/mol. The molecular formula is C94H202O36. The van der Waals surface area contributed by atoms with Gasteiger partial charge in [-0.25, -0.2) is 0 Å². The number of aliphatic hydroxyl groups is 9. The van der Waals surface area contributed by atoms with Gasteiger partial charge in [0.2, 0.25) is 0 Å². The summed E-state index contributed by atoms with van der Waals surface area (Å²) in [6.07, 6.45) is 3.33. The van der Waals surface area contributed by atoms with Crippen LogP contribution in [-0.2, 0) is 128 Å². The second kappa shape index (κ2) is 101. The maximum Gasteiger partial charge on any atom is 0.104 e. The third kappa shape index (κ3) is 135. The summed E-state index contributed by atoms with van der Waals surface area (Å²) in [5, 5.41) is 79.3. The smallest absolute Gasteiger partial charge is 0.104 e. The molecule has 9 N–H and O–H groups in total. The fraction of sp³-hybridized carbons (Fsp3) is 1.00. The lowest BCUT2D eigenvalue weighted by molar-refractivity contribution is -0.105. The summed E-state index contributed by atoms with van der Waals surface area (Å²) in [6, 6.07) is 0. The molecule has 0 heterocycles. The van der Waals surface area contributed by atoms with Crippen LogP contribution in [0, 0.1) is 0 Å². The minimum absolute atomic E-state index is 0.000314. The second-order valence-electron chi connectivity index (χ2n) is 36.1. The van der Waals surface area contributed by atoms with E-state index in [4.69, 9.17) is 174 Å². The highest BCUT2D eigenvalue weighted by Gasteiger charge is 2.21. The first-order valence-corrected chi connectivity index (χ1v) is 47.2. The van der Waals surface area contributed by atoms with Gasteiger partial charge in [-0.05, 0) is 178 Å². The SMILES string of the molecule is CC(C)(C)OCCOCC(CO)OCCO.CC(C)(C)OCCOCC(CO)OCCOCCO.CCCOCC(CO)OCCOC(C)(C)C.CCCOCC(CO)OCCOCCOC(C)(C)C.CCCOCC(COC(C)(C)C)OCCO.CCCOCC(COC(C)(C)C)OCCOCCO.CCCOCCOCC(COCCO)OCCOCCOC(C)(C)C. The summed E-state index contributed by atoms with van der Waals surface area (Å²) in [5.41, 5.74) is -1.10. The summed E-state index contributed by atoms with van der Waals surface area (Å²) in [7, 11) is 0. The van der Waals surface area contributed by atoms with E-state index < -0.39 is 0 Å². The van der Waals surface area contributed by atoms with E-state index >= 15 is 0 Å². The zero-order chi connectivity index (χ0) is 99.8. The van der Waals surface area contributed by atoms with Crippen LogP contribution in [0.3, 0.4) is 0 Å². The van der Waals surface area contributed by atoms with E-state index in [1.165, 1.54) is 0 Å². The van der Waals surface area contributed by atoms with Crippen LogP contribution >= 0.6 is 0 Å². The molecule has 0 amide bonds. The molecular weight excluding hydrogens is 1700 g/mol. The molecule has 36 nitrogen and oxygen atoms in total. The minimum atomic E-state index is -0.373. The first kappa shape index (κ1) is 142. The maximum atomic E-state index is 9.10. The van der Waals surface area contributed by atoms with Crippen LogP contribution < -0.4 is 0 Å². The Morgan fingerprint density at radius 2 is 0.292 bits per heavy atom. The van der Waals surface area contributed by atoms with Crippen LogP contribution in [0.15, 0.2) is 0 Å². The molecule has 0 rings (SSSR count). The van der Waals surface area contributed by atoms with Crippen LogP contribution in [0.1, 0.15) is 212 Å². The lowest BCUT2D eigenvalue weighted by Gasteiger charge is -2.24. The van der Waals surface area contributed by atoms with Crippen molar-refractivity contribution in [2.45, 2.75) is 294 Å². The molecule has 0 aliphatic carbocycles. The number of rotatable bonds is 81. The monoisotopic (exact) mass is 1910 g/mol. The molecule has 0 aromatic carbocycles. The number of aliphatic hydroxyl groups excluding tert-OH is 9. The quantitative estimate of drug-likeness (QED) is 0.0258. The molecule has 0 aliphatic rings. The van der Waals surface area contributed by atoms with Crippen LogP contribution in [0.5, 0.6) is 0 Å². The van der Waals surface area contributed by atoms with Gasteiger partial charge in [0.05, 0.1) is 330 Å². The molecule has 0 saturated heterocycles. The number of ether oxygens (including phenoxy) is 27. The highest BCUT2D eigenvalue weighted by Crippen LogP contribution is 2.14. The average Bonchev–Trinajstić information content (AvgIpc) is 0.946. The lowest BCUT2D eigenvalue weighted by Crippen LogP contribution is -2.32. The van der Waals surface area contributed by atoms with E-state index in [1.54, 1.807) is 0 Å². The van der Waals surface area contributed by atoms with Crippen molar-refractivity contribution >= 4 is 0 Å². The molecule has 0 aliphatic heterocycles. The highest BCUT2D eigenvalue weighted by atomic mass is 16.6. The first-order chi connectivity index (χ1) is 61.4. The topological polar surface area (TPSA) is 431 Å². The van der Waals surface area contributed by atoms with Gasteiger partial charge in [-0.1, -0.05) is 34.6 Å². The van der Waals surface area contributed by atoms with Crippen molar-refractivity contribution in [1.82, 2.24) is 0 Å². The average molecular weight is 1910 g/mol. The van der Waals surface area contributed by atoms with Gasteiger partial charge >= 0.3 is 0 Å². The van der Waals surface area contributed by atoms with Gasteiger partial charge in [0, 0.05) is 33.0 Å². The van der Waals surface area contributed by atoms with Gasteiger partial charge in [-0.15, -0.1) is 0 Å². The van der Waals surface area contributed by atoms with Crippen molar-refractivity contribution in [1.29, 1.82) is 0 Å². The molecule has 7 atom stereocenters. The number of hydrogen-bond donors (Lipinski definition) is 9. The fourth-order valence-corrected chi connectivity index (χ4v) is 8.72. The van der Waals surface area contributed by atoms with Crippen LogP contribution in [-0.4, -0.2) is 452 Å². The van der Waals surface area contributed by atoms with E-state index in [9.17, 15) is 0 Å². The Morgan fingerprint density at radius 1 is 0.146 bits per heavy atom. The van der Waals surface area contributed by atoms with Gasteiger partial charge in [0.15, 0.2) is 0 Å². The Balaban J connectivity index is -0.000000273. The Hall–Kier alpha value is -1.44. The van der Waals surface area contributed by atoms with Gasteiger partial charge in [-0.2, -0.15) is 0 Å². The molecule has 0 aromatic heterocycles. The number of hydrogen-bond acceptors (Lipinski definition) is 36. The Morgan fingerprint density at radius 3 is 0.538 bits per heavy atom. The summed E-state index contributed by atoms with van der Waals surface area (Å²) < 4.78 is 147. The largest absolute Gasteiger partial charge is 0.394 e. The van der Waals surface area contributed by atoms with E-state index in [1.807, 2.05) is 159 Å². The highest BCUT2D eigenvalue weighted by molar-refractivity contribution is 4.68. The van der Waals surface area contributed by atoms with Crippen molar-refractivity contribution in [3.63, 3.8) is 0 Å².